The van der Waals surface area contributed by atoms with Crippen molar-refractivity contribution in [2.45, 2.75) is 49.3 Å². The van der Waals surface area contributed by atoms with E-state index in [9.17, 15) is 8.60 Å². The molecule has 4 heteroatoms. The third kappa shape index (κ3) is 3.42. The van der Waals surface area contributed by atoms with Crippen molar-refractivity contribution in [2.75, 3.05) is 6.54 Å². The Bertz CT molecular complexity index is 434. The van der Waals surface area contributed by atoms with E-state index in [2.05, 4.69) is 19.2 Å². The van der Waals surface area contributed by atoms with Gasteiger partial charge in [-0.3, -0.25) is 4.21 Å². The zero-order valence-electron chi connectivity index (χ0n) is 11.6. The SMILES string of the molecule is CCCNC1CCC(S(=O)c2ccc(F)cc2)C1C. The third-order valence-corrected chi connectivity index (χ3v) is 5.91. The number of hydrogen-bond donors (Lipinski definition) is 1. The van der Waals surface area contributed by atoms with Gasteiger partial charge in [-0.1, -0.05) is 13.8 Å². The fraction of sp³-hybridized carbons (Fsp3) is 0.600. The maximum Gasteiger partial charge on any atom is 0.123 e. The van der Waals surface area contributed by atoms with Gasteiger partial charge in [0.1, 0.15) is 5.82 Å². The van der Waals surface area contributed by atoms with Crippen molar-refractivity contribution in [2.24, 2.45) is 5.92 Å². The van der Waals surface area contributed by atoms with Gasteiger partial charge in [-0.2, -0.15) is 0 Å². The summed E-state index contributed by atoms with van der Waals surface area (Å²) in [6, 6.07) is 6.53. The van der Waals surface area contributed by atoms with Crippen LogP contribution in [0.4, 0.5) is 4.39 Å². The Kier molecular flexibility index (Phi) is 5.11. The van der Waals surface area contributed by atoms with Crippen molar-refractivity contribution >= 4 is 10.8 Å². The molecule has 0 aliphatic heterocycles. The van der Waals surface area contributed by atoms with E-state index in [1.54, 1.807) is 12.1 Å². The zero-order valence-corrected chi connectivity index (χ0v) is 12.4. The molecule has 1 aliphatic carbocycles. The molecule has 0 saturated heterocycles. The highest BCUT2D eigenvalue weighted by Gasteiger charge is 2.36. The summed E-state index contributed by atoms with van der Waals surface area (Å²) < 4.78 is 25.4. The smallest absolute Gasteiger partial charge is 0.123 e. The molecule has 0 aromatic heterocycles. The third-order valence-electron chi connectivity index (χ3n) is 3.96. The molecule has 1 aliphatic rings. The normalized spacial score (nSPS) is 28.5. The van der Waals surface area contributed by atoms with Crippen LogP contribution in [0.25, 0.3) is 0 Å². The summed E-state index contributed by atoms with van der Waals surface area (Å²) in [6.45, 7) is 5.35. The molecule has 2 rings (SSSR count). The lowest BCUT2D eigenvalue weighted by atomic mass is 10.1. The second kappa shape index (κ2) is 6.62. The second-order valence-corrected chi connectivity index (χ2v) is 6.96. The topological polar surface area (TPSA) is 29.1 Å². The zero-order chi connectivity index (χ0) is 13.8. The Morgan fingerprint density at radius 2 is 2.00 bits per heavy atom. The minimum Gasteiger partial charge on any atom is -0.314 e. The van der Waals surface area contributed by atoms with Gasteiger partial charge < -0.3 is 5.32 Å². The molecule has 1 aromatic carbocycles. The summed E-state index contributed by atoms with van der Waals surface area (Å²) in [6.07, 6.45) is 3.18. The van der Waals surface area contributed by atoms with E-state index in [0.717, 1.165) is 30.7 Å². The van der Waals surface area contributed by atoms with Gasteiger partial charge in [0.15, 0.2) is 0 Å². The molecular weight excluding hydrogens is 261 g/mol. The van der Waals surface area contributed by atoms with Gasteiger partial charge in [0.2, 0.25) is 0 Å². The van der Waals surface area contributed by atoms with Crippen LogP contribution >= 0.6 is 0 Å². The fourth-order valence-corrected chi connectivity index (χ4v) is 4.48. The highest BCUT2D eigenvalue weighted by atomic mass is 32.2. The van der Waals surface area contributed by atoms with Gasteiger partial charge in [0.25, 0.3) is 0 Å². The predicted molar refractivity (Wildman–Crippen MR) is 77.1 cm³/mol. The molecule has 1 fully saturated rings. The van der Waals surface area contributed by atoms with Crippen molar-refractivity contribution in [3.8, 4) is 0 Å². The van der Waals surface area contributed by atoms with Crippen LogP contribution in [0.15, 0.2) is 29.2 Å². The molecule has 19 heavy (non-hydrogen) atoms. The summed E-state index contributed by atoms with van der Waals surface area (Å²) in [5.74, 6) is 0.125. The Labute approximate surface area is 117 Å². The molecule has 4 unspecified atom stereocenters. The van der Waals surface area contributed by atoms with Crippen LogP contribution < -0.4 is 5.32 Å². The maximum atomic E-state index is 12.9. The van der Waals surface area contributed by atoms with Gasteiger partial charge in [-0.15, -0.1) is 0 Å². The van der Waals surface area contributed by atoms with E-state index in [-0.39, 0.29) is 11.1 Å². The van der Waals surface area contributed by atoms with Crippen LogP contribution in [0, 0.1) is 11.7 Å². The van der Waals surface area contributed by atoms with Gasteiger partial charge >= 0.3 is 0 Å². The van der Waals surface area contributed by atoms with Crippen LogP contribution in [-0.2, 0) is 10.8 Å². The average molecular weight is 283 g/mol. The van der Waals surface area contributed by atoms with Crippen LogP contribution in [-0.4, -0.2) is 22.0 Å². The highest BCUT2D eigenvalue weighted by Crippen LogP contribution is 2.32. The highest BCUT2D eigenvalue weighted by molar-refractivity contribution is 7.85. The minimum absolute atomic E-state index is 0.180. The van der Waals surface area contributed by atoms with Gasteiger partial charge in [-0.25, -0.2) is 4.39 Å². The van der Waals surface area contributed by atoms with Crippen molar-refractivity contribution < 1.29 is 8.60 Å². The quantitative estimate of drug-likeness (QED) is 0.899. The summed E-state index contributed by atoms with van der Waals surface area (Å²) in [5.41, 5.74) is 0. The van der Waals surface area contributed by atoms with Gasteiger partial charge in [0, 0.05) is 16.2 Å². The second-order valence-electron chi connectivity index (χ2n) is 5.29. The minimum atomic E-state index is -1.03. The molecule has 0 amide bonds. The molecule has 1 aromatic rings. The number of rotatable bonds is 5. The largest absolute Gasteiger partial charge is 0.314 e. The van der Waals surface area contributed by atoms with Gasteiger partial charge in [-0.05, 0) is 56.0 Å². The molecule has 0 bridgehead atoms. The van der Waals surface area contributed by atoms with Crippen LogP contribution in [0.3, 0.4) is 0 Å². The van der Waals surface area contributed by atoms with E-state index >= 15 is 0 Å². The van der Waals surface area contributed by atoms with Crippen molar-refractivity contribution in [3.63, 3.8) is 0 Å². The van der Waals surface area contributed by atoms with Crippen LogP contribution in [0.1, 0.15) is 33.1 Å². The summed E-state index contributed by atoms with van der Waals surface area (Å²) in [4.78, 5) is 0.745. The molecule has 0 radical (unpaired) electrons. The van der Waals surface area contributed by atoms with E-state index < -0.39 is 10.8 Å². The first-order valence-corrected chi connectivity index (χ1v) is 8.24. The molecular formula is C15H22FNOS. The van der Waals surface area contributed by atoms with Crippen molar-refractivity contribution in [1.29, 1.82) is 0 Å². The Hall–Kier alpha value is -0.740. The number of hydrogen-bond acceptors (Lipinski definition) is 2. The average Bonchev–Trinajstić information content (AvgIpc) is 2.78. The predicted octanol–water partition coefficient (Wildman–Crippen LogP) is 3.10. The Morgan fingerprint density at radius 1 is 1.32 bits per heavy atom. The molecule has 0 heterocycles. The monoisotopic (exact) mass is 283 g/mol. The van der Waals surface area contributed by atoms with Crippen LogP contribution in [0.2, 0.25) is 0 Å². The lowest BCUT2D eigenvalue weighted by Crippen LogP contribution is -2.35. The van der Waals surface area contributed by atoms with Crippen LogP contribution in [0.5, 0.6) is 0 Å². The standard InChI is InChI=1S/C15H22FNOS/c1-3-10-17-14-8-9-15(11(14)2)19(18)13-6-4-12(16)5-7-13/h4-7,11,14-15,17H,3,8-10H2,1-2H3. The van der Waals surface area contributed by atoms with Crippen molar-refractivity contribution in [3.05, 3.63) is 30.1 Å². The van der Waals surface area contributed by atoms with E-state index in [1.165, 1.54) is 12.1 Å². The van der Waals surface area contributed by atoms with Crippen molar-refractivity contribution in [1.82, 2.24) is 5.32 Å². The molecule has 1 saturated carbocycles. The van der Waals surface area contributed by atoms with Gasteiger partial charge in [0.05, 0.1) is 10.8 Å². The summed E-state index contributed by atoms with van der Waals surface area (Å²) >= 11 is 0. The number of nitrogens with one attached hydrogen (secondary N) is 1. The summed E-state index contributed by atoms with van der Waals surface area (Å²) in [7, 11) is -1.03. The van der Waals surface area contributed by atoms with E-state index in [1.807, 2.05) is 0 Å². The molecule has 0 spiro atoms. The molecule has 106 valence electrons. The molecule has 4 atom stereocenters. The molecule has 1 N–H and O–H groups in total. The Balaban J connectivity index is 2.02. The number of halogens is 1. The Morgan fingerprint density at radius 3 is 2.63 bits per heavy atom. The first kappa shape index (κ1) is 14.7. The van der Waals surface area contributed by atoms with E-state index in [4.69, 9.17) is 0 Å². The maximum absolute atomic E-state index is 12.9. The lowest BCUT2D eigenvalue weighted by Gasteiger charge is -2.21. The number of benzene rings is 1. The molecule has 2 nitrogen and oxygen atoms in total. The van der Waals surface area contributed by atoms with E-state index in [0.29, 0.717) is 12.0 Å². The fourth-order valence-electron chi connectivity index (χ4n) is 2.79. The first-order chi connectivity index (χ1) is 9.13. The lowest BCUT2D eigenvalue weighted by molar-refractivity contribution is 0.429. The summed E-state index contributed by atoms with van der Waals surface area (Å²) in [5, 5.41) is 3.71. The first-order valence-electron chi connectivity index (χ1n) is 7.03.